The van der Waals surface area contributed by atoms with Crippen molar-refractivity contribution in [1.82, 2.24) is 4.90 Å². The van der Waals surface area contributed by atoms with Gasteiger partial charge in [-0.05, 0) is 84.7 Å². The van der Waals surface area contributed by atoms with Gasteiger partial charge in [0, 0.05) is 19.5 Å². The smallest absolute Gasteiger partial charge is 0.219 e. The van der Waals surface area contributed by atoms with E-state index in [1.165, 1.54) is 24.8 Å². The van der Waals surface area contributed by atoms with E-state index < -0.39 is 0 Å². The Labute approximate surface area is 181 Å². The average Bonchev–Trinajstić information content (AvgIpc) is 3.02. The van der Waals surface area contributed by atoms with E-state index in [2.05, 4.69) is 55.2 Å². The highest BCUT2D eigenvalue weighted by Gasteiger charge is 2.59. The van der Waals surface area contributed by atoms with Crippen LogP contribution in [0.1, 0.15) is 71.3 Å². The second-order valence-electron chi connectivity index (χ2n) is 11.0. The number of carbonyl (C=O) groups excluding carboxylic acids is 1. The minimum Gasteiger partial charge on any atom is -0.393 e. The number of likely N-dealkylation sites (tertiary alicyclic amines) is 1. The molecule has 1 aromatic rings. The van der Waals surface area contributed by atoms with Gasteiger partial charge in [-0.15, -0.1) is 0 Å². The van der Waals surface area contributed by atoms with Crippen LogP contribution in [0.2, 0.25) is 0 Å². The molecule has 3 fully saturated rings. The monoisotopic (exact) mass is 407 g/mol. The summed E-state index contributed by atoms with van der Waals surface area (Å²) in [6, 6.07) is 11.2. The number of hydrogen-bond acceptors (Lipinski definition) is 2. The third-order valence-electron chi connectivity index (χ3n) is 9.71. The Hall–Kier alpha value is -1.61. The summed E-state index contributed by atoms with van der Waals surface area (Å²) in [5.41, 5.74) is 3.32. The lowest BCUT2D eigenvalue weighted by molar-refractivity contribution is -0.139. The van der Waals surface area contributed by atoms with Crippen molar-refractivity contribution in [2.75, 3.05) is 6.54 Å². The minimum atomic E-state index is -0.256. The number of aliphatic hydroxyl groups is 1. The second kappa shape index (κ2) is 7.22. The van der Waals surface area contributed by atoms with Gasteiger partial charge in [0.1, 0.15) is 0 Å². The zero-order chi connectivity index (χ0) is 21.1. The lowest BCUT2D eigenvalue weighted by Gasteiger charge is -2.56. The van der Waals surface area contributed by atoms with E-state index in [-0.39, 0.29) is 28.9 Å². The van der Waals surface area contributed by atoms with Crippen LogP contribution in [-0.4, -0.2) is 34.6 Å². The van der Waals surface area contributed by atoms with Gasteiger partial charge in [0.05, 0.1) is 6.10 Å². The first kappa shape index (κ1) is 20.3. The Kier molecular flexibility index (Phi) is 4.89. The van der Waals surface area contributed by atoms with Gasteiger partial charge < -0.3 is 10.0 Å². The summed E-state index contributed by atoms with van der Waals surface area (Å²) >= 11 is 0. The summed E-state index contributed by atoms with van der Waals surface area (Å²) in [4.78, 5) is 14.8. The molecule has 3 heteroatoms. The predicted octanol–water partition coefficient (Wildman–Crippen LogP) is 5.29. The molecule has 1 aliphatic heterocycles. The summed E-state index contributed by atoms with van der Waals surface area (Å²) < 4.78 is 0. The molecular weight excluding hydrogens is 370 g/mol. The van der Waals surface area contributed by atoms with Crippen molar-refractivity contribution in [3.63, 3.8) is 0 Å². The summed E-state index contributed by atoms with van der Waals surface area (Å²) in [5, 5.41) is 10.5. The highest BCUT2D eigenvalue weighted by molar-refractivity contribution is 5.74. The SMILES string of the molecule is CC(=O)N1CC[C@@H]2[C@H](CC[C@]3(C)C(c4ccccc4)=CC[C@@H]23)[C@@]2(C)CC[C@H](O)C[C@H]12. The van der Waals surface area contributed by atoms with Crippen molar-refractivity contribution < 1.29 is 9.90 Å². The molecule has 0 unspecified atom stereocenters. The molecule has 30 heavy (non-hydrogen) atoms. The number of hydrogen-bond donors (Lipinski definition) is 1. The Bertz CT molecular complexity index is 848. The molecule has 3 aliphatic carbocycles. The molecular formula is C27H37NO2. The number of fused-ring (bicyclic) bond motifs is 5. The Morgan fingerprint density at radius 2 is 1.83 bits per heavy atom. The van der Waals surface area contributed by atoms with Crippen molar-refractivity contribution in [2.24, 2.45) is 28.6 Å². The molecule has 1 heterocycles. The van der Waals surface area contributed by atoms with Gasteiger partial charge in [-0.3, -0.25) is 4.79 Å². The van der Waals surface area contributed by atoms with Gasteiger partial charge in [-0.1, -0.05) is 50.3 Å². The van der Waals surface area contributed by atoms with E-state index in [1.54, 1.807) is 12.5 Å². The third-order valence-corrected chi connectivity index (χ3v) is 9.71. The number of carbonyl (C=O) groups is 1. The normalized spacial score (nSPS) is 43.1. The van der Waals surface area contributed by atoms with Crippen LogP contribution in [0.5, 0.6) is 0 Å². The van der Waals surface area contributed by atoms with E-state index in [0.29, 0.717) is 17.8 Å². The maximum Gasteiger partial charge on any atom is 0.219 e. The van der Waals surface area contributed by atoms with Crippen LogP contribution < -0.4 is 0 Å². The first-order valence-electron chi connectivity index (χ1n) is 12.1. The van der Waals surface area contributed by atoms with Crippen molar-refractivity contribution in [2.45, 2.75) is 77.9 Å². The fraction of sp³-hybridized carbons (Fsp3) is 0.667. The maximum absolute atomic E-state index is 12.6. The molecule has 2 saturated carbocycles. The van der Waals surface area contributed by atoms with Gasteiger partial charge >= 0.3 is 0 Å². The summed E-state index contributed by atoms with van der Waals surface area (Å²) in [7, 11) is 0. The van der Waals surface area contributed by atoms with Gasteiger partial charge in [0.25, 0.3) is 0 Å². The average molecular weight is 408 g/mol. The van der Waals surface area contributed by atoms with Gasteiger partial charge in [-0.25, -0.2) is 0 Å². The Morgan fingerprint density at radius 1 is 1.07 bits per heavy atom. The van der Waals surface area contributed by atoms with Crippen LogP contribution in [0.25, 0.3) is 5.57 Å². The van der Waals surface area contributed by atoms with Crippen LogP contribution >= 0.6 is 0 Å². The second-order valence-corrected chi connectivity index (χ2v) is 11.0. The molecule has 0 radical (unpaired) electrons. The lowest BCUT2D eigenvalue weighted by Crippen LogP contribution is -2.56. The molecule has 162 valence electrons. The maximum atomic E-state index is 12.6. The molecule has 4 aliphatic rings. The number of allylic oxidation sites excluding steroid dienone is 2. The zero-order valence-electron chi connectivity index (χ0n) is 18.8. The number of aliphatic hydroxyl groups excluding tert-OH is 1. The fourth-order valence-electron chi connectivity index (χ4n) is 8.17. The molecule has 1 N–H and O–H groups in total. The highest BCUT2D eigenvalue weighted by Crippen LogP contribution is 2.65. The van der Waals surface area contributed by atoms with E-state index >= 15 is 0 Å². The highest BCUT2D eigenvalue weighted by atomic mass is 16.3. The van der Waals surface area contributed by atoms with Crippen LogP contribution in [0.4, 0.5) is 0 Å². The molecule has 1 amide bonds. The van der Waals surface area contributed by atoms with Crippen molar-refractivity contribution in [3.8, 4) is 0 Å². The third kappa shape index (κ3) is 2.92. The summed E-state index contributed by atoms with van der Waals surface area (Å²) in [5.74, 6) is 2.17. The number of benzene rings is 1. The Balaban J connectivity index is 1.50. The molecule has 3 nitrogen and oxygen atoms in total. The molecule has 7 atom stereocenters. The van der Waals surface area contributed by atoms with Crippen molar-refractivity contribution >= 4 is 11.5 Å². The number of rotatable bonds is 1. The van der Waals surface area contributed by atoms with Gasteiger partial charge in [0.15, 0.2) is 0 Å². The molecule has 0 bridgehead atoms. The van der Waals surface area contributed by atoms with E-state index in [9.17, 15) is 9.90 Å². The quantitative estimate of drug-likeness (QED) is 0.687. The first-order valence-corrected chi connectivity index (χ1v) is 12.1. The van der Waals surface area contributed by atoms with Crippen LogP contribution in [0.15, 0.2) is 36.4 Å². The molecule has 5 rings (SSSR count). The van der Waals surface area contributed by atoms with Crippen molar-refractivity contribution in [1.29, 1.82) is 0 Å². The number of nitrogens with zero attached hydrogens (tertiary/aromatic N) is 1. The van der Waals surface area contributed by atoms with Crippen LogP contribution in [-0.2, 0) is 4.79 Å². The fourth-order valence-corrected chi connectivity index (χ4v) is 8.17. The standard InChI is InChI=1S/C27H37NO2/c1-18(29)28-16-13-21-23-10-9-22(19-7-5-4-6-8-19)26(23,2)15-12-24(21)27(3)14-11-20(30)17-25(27)28/h4-9,20-21,23-25,30H,10-17H2,1-3H3/t20-,21-,23-,24-,25-,26+,27+/m0/s1. The van der Waals surface area contributed by atoms with Gasteiger partial charge in [-0.2, -0.15) is 0 Å². The summed E-state index contributed by atoms with van der Waals surface area (Å²) in [6.45, 7) is 7.55. The van der Waals surface area contributed by atoms with E-state index in [0.717, 1.165) is 32.2 Å². The molecule has 0 spiro atoms. The van der Waals surface area contributed by atoms with Gasteiger partial charge in [0.2, 0.25) is 5.91 Å². The predicted molar refractivity (Wildman–Crippen MR) is 121 cm³/mol. The largest absolute Gasteiger partial charge is 0.393 e. The van der Waals surface area contributed by atoms with E-state index in [4.69, 9.17) is 0 Å². The number of amides is 1. The van der Waals surface area contributed by atoms with Crippen LogP contribution in [0, 0.1) is 28.6 Å². The van der Waals surface area contributed by atoms with Crippen LogP contribution in [0.3, 0.4) is 0 Å². The zero-order valence-corrected chi connectivity index (χ0v) is 18.8. The Morgan fingerprint density at radius 3 is 2.57 bits per heavy atom. The first-order chi connectivity index (χ1) is 14.3. The lowest BCUT2D eigenvalue weighted by atomic mass is 9.50. The molecule has 1 saturated heterocycles. The minimum absolute atomic E-state index is 0.128. The van der Waals surface area contributed by atoms with E-state index in [1.807, 2.05) is 0 Å². The van der Waals surface area contributed by atoms with Crippen molar-refractivity contribution in [3.05, 3.63) is 42.0 Å². The topological polar surface area (TPSA) is 40.5 Å². The molecule has 0 aromatic heterocycles. The summed E-state index contributed by atoms with van der Waals surface area (Å²) in [6.07, 6.45) is 9.74. The molecule has 1 aromatic carbocycles.